The van der Waals surface area contributed by atoms with E-state index in [0.717, 1.165) is 0 Å². The third kappa shape index (κ3) is 1.73. The average Bonchev–Trinajstić information content (AvgIpc) is 2.65. The van der Waals surface area contributed by atoms with E-state index in [0.29, 0.717) is 45.5 Å². The van der Waals surface area contributed by atoms with Crippen LogP contribution in [0.15, 0.2) is 0 Å². The van der Waals surface area contributed by atoms with Gasteiger partial charge < -0.3 is 19.7 Å². The van der Waals surface area contributed by atoms with E-state index in [1.165, 1.54) is 0 Å². The number of aliphatic carboxylic acids is 1. The molecule has 92 valence electrons. The van der Waals surface area contributed by atoms with Crippen molar-refractivity contribution < 1.29 is 24.5 Å². The quantitative estimate of drug-likeness (QED) is 0.718. The lowest BCUT2D eigenvalue weighted by molar-refractivity contribution is -0.172. The van der Waals surface area contributed by atoms with Crippen LogP contribution in [0, 0.1) is 5.41 Å². The van der Waals surface area contributed by atoms with Gasteiger partial charge >= 0.3 is 5.97 Å². The average molecular weight is 230 g/mol. The van der Waals surface area contributed by atoms with E-state index >= 15 is 0 Å². The summed E-state index contributed by atoms with van der Waals surface area (Å²) in [5.74, 6) is -0.950. The summed E-state index contributed by atoms with van der Waals surface area (Å²) in [6.45, 7) is 1.54. The third-order valence-corrected chi connectivity index (χ3v) is 3.86. The minimum Gasteiger partial charge on any atom is -0.481 e. The molecule has 2 aliphatic rings. The molecule has 0 radical (unpaired) electrons. The van der Waals surface area contributed by atoms with Gasteiger partial charge in [-0.3, -0.25) is 4.79 Å². The van der Waals surface area contributed by atoms with Crippen molar-refractivity contribution in [1.29, 1.82) is 0 Å². The minimum atomic E-state index is -1.19. The van der Waals surface area contributed by atoms with Crippen molar-refractivity contribution in [2.24, 2.45) is 5.41 Å². The molecule has 2 N–H and O–H groups in total. The normalized spacial score (nSPS) is 40.6. The molecule has 2 saturated heterocycles. The number of aliphatic hydroxyl groups is 1. The Hall–Kier alpha value is -0.650. The maximum atomic E-state index is 11.5. The number of carboxylic acids is 1. The molecule has 2 unspecified atom stereocenters. The lowest BCUT2D eigenvalue weighted by Gasteiger charge is -2.40. The zero-order valence-electron chi connectivity index (χ0n) is 9.28. The molecule has 2 heterocycles. The number of ether oxygens (including phenoxy) is 2. The first-order chi connectivity index (χ1) is 7.61. The second-order valence-electron chi connectivity index (χ2n) is 4.69. The summed E-state index contributed by atoms with van der Waals surface area (Å²) in [5.41, 5.74) is -2.33. The predicted molar refractivity (Wildman–Crippen MR) is 55.1 cm³/mol. The fourth-order valence-corrected chi connectivity index (χ4v) is 2.71. The van der Waals surface area contributed by atoms with Gasteiger partial charge in [-0.15, -0.1) is 0 Å². The molecule has 2 rings (SSSR count). The molecule has 5 nitrogen and oxygen atoms in total. The summed E-state index contributed by atoms with van der Waals surface area (Å²) < 4.78 is 10.5. The van der Waals surface area contributed by atoms with E-state index in [2.05, 4.69) is 0 Å². The van der Waals surface area contributed by atoms with E-state index in [4.69, 9.17) is 9.47 Å². The van der Waals surface area contributed by atoms with Crippen molar-refractivity contribution in [3.8, 4) is 0 Å². The molecule has 2 fully saturated rings. The lowest BCUT2D eigenvalue weighted by Crippen LogP contribution is -2.54. The Bertz CT molecular complexity index is 262. The molecular formula is C11H18O5. The highest BCUT2D eigenvalue weighted by Crippen LogP contribution is 2.45. The maximum absolute atomic E-state index is 11.5. The summed E-state index contributed by atoms with van der Waals surface area (Å²) in [4.78, 5) is 11.5. The van der Waals surface area contributed by atoms with Crippen molar-refractivity contribution in [2.75, 3.05) is 26.4 Å². The predicted octanol–water partition coefficient (Wildman–Crippen LogP) is 0.409. The molecule has 0 spiro atoms. The first-order valence-corrected chi connectivity index (χ1v) is 5.72. The van der Waals surface area contributed by atoms with Crippen LogP contribution in [0.5, 0.6) is 0 Å². The fraction of sp³-hybridized carbons (Fsp3) is 0.909. The first kappa shape index (κ1) is 11.8. The molecule has 2 atom stereocenters. The molecule has 0 saturated carbocycles. The van der Waals surface area contributed by atoms with E-state index < -0.39 is 17.0 Å². The molecule has 2 aliphatic heterocycles. The van der Waals surface area contributed by atoms with Gasteiger partial charge in [-0.05, 0) is 19.3 Å². The topological polar surface area (TPSA) is 76.0 Å². The zero-order valence-corrected chi connectivity index (χ0v) is 9.28. The van der Waals surface area contributed by atoms with Crippen LogP contribution in [-0.2, 0) is 14.3 Å². The van der Waals surface area contributed by atoms with Crippen LogP contribution in [0.25, 0.3) is 0 Å². The number of hydrogen-bond acceptors (Lipinski definition) is 4. The van der Waals surface area contributed by atoms with Gasteiger partial charge in [0.1, 0.15) is 5.41 Å². The standard InChI is InChI=1S/C11H18O5/c12-9(13)10(3-6-16-8-10)11(14)2-1-5-15-7-4-11/h14H,1-8H2,(H,12,13). The molecule has 5 heteroatoms. The van der Waals surface area contributed by atoms with Crippen LogP contribution in [-0.4, -0.2) is 48.2 Å². The molecule has 0 aromatic heterocycles. The second kappa shape index (κ2) is 4.31. The first-order valence-electron chi connectivity index (χ1n) is 5.72. The number of carboxylic acid groups (broad SMARTS) is 1. The van der Waals surface area contributed by atoms with Gasteiger partial charge in [0, 0.05) is 26.2 Å². The van der Waals surface area contributed by atoms with Gasteiger partial charge in [0.2, 0.25) is 0 Å². The molecular weight excluding hydrogens is 212 g/mol. The van der Waals surface area contributed by atoms with Crippen LogP contribution in [0.1, 0.15) is 25.7 Å². The Kier molecular flexibility index (Phi) is 3.19. The van der Waals surface area contributed by atoms with Gasteiger partial charge in [0.05, 0.1) is 12.2 Å². The molecule has 0 amide bonds. The van der Waals surface area contributed by atoms with E-state index in [-0.39, 0.29) is 6.61 Å². The Morgan fingerprint density at radius 2 is 1.81 bits per heavy atom. The summed E-state index contributed by atoms with van der Waals surface area (Å²) >= 11 is 0. The molecule has 0 aromatic rings. The van der Waals surface area contributed by atoms with Gasteiger partial charge in [0.15, 0.2) is 0 Å². The highest BCUT2D eigenvalue weighted by Gasteiger charge is 2.57. The van der Waals surface area contributed by atoms with Gasteiger partial charge in [0.25, 0.3) is 0 Å². The maximum Gasteiger partial charge on any atom is 0.315 e. The Morgan fingerprint density at radius 3 is 2.44 bits per heavy atom. The van der Waals surface area contributed by atoms with Crippen LogP contribution in [0.3, 0.4) is 0 Å². The van der Waals surface area contributed by atoms with Gasteiger partial charge in [-0.2, -0.15) is 0 Å². The largest absolute Gasteiger partial charge is 0.481 e. The van der Waals surface area contributed by atoms with Crippen LogP contribution < -0.4 is 0 Å². The summed E-state index contributed by atoms with van der Waals surface area (Å²) in [6, 6.07) is 0. The molecule has 16 heavy (non-hydrogen) atoms. The molecule has 0 aromatic carbocycles. The summed E-state index contributed by atoms with van der Waals surface area (Å²) in [5, 5.41) is 20.0. The highest BCUT2D eigenvalue weighted by molar-refractivity contribution is 5.77. The Morgan fingerprint density at radius 1 is 1.06 bits per heavy atom. The minimum absolute atomic E-state index is 0.110. The summed E-state index contributed by atoms with van der Waals surface area (Å²) in [7, 11) is 0. The highest BCUT2D eigenvalue weighted by atomic mass is 16.5. The van der Waals surface area contributed by atoms with Crippen molar-refractivity contribution in [3.05, 3.63) is 0 Å². The second-order valence-corrected chi connectivity index (χ2v) is 4.69. The monoisotopic (exact) mass is 230 g/mol. The zero-order chi connectivity index (χ0) is 11.6. The van der Waals surface area contributed by atoms with Crippen LogP contribution in [0.4, 0.5) is 0 Å². The lowest BCUT2D eigenvalue weighted by atomic mass is 9.67. The van der Waals surface area contributed by atoms with Crippen LogP contribution >= 0.6 is 0 Å². The van der Waals surface area contributed by atoms with E-state index in [1.807, 2.05) is 0 Å². The number of rotatable bonds is 2. The van der Waals surface area contributed by atoms with Crippen molar-refractivity contribution in [3.63, 3.8) is 0 Å². The van der Waals surface area contributed by atoms with Crippen LogP contribution in [0.2, 0.25) is 0 Å². The van der Waals surface area contributed by atoms with Crippen molar-refractivity contribution in [2.45, 2.75) is 31.3 Å². The smallest absolute Gasteiger partial charge is 0.315 e. The fourth-order valence-electron chi connectivity index (χ4n) is 2.71. The summed E-state index contributed by atoms with van der Waals surface area (Å²) in [6.07, 6.45) is 1.94. The van der Waals surface area contributed by atoms with Gasteiger partial charge in [-0.1, -0.05) is 0 Å². The molecule has 0 bridgehead atoms. The molecule has 0 aliphatic carbocycles. The van der Waals surface area contributed by atoms with E-state index in [1.54, 1.807) is 0 Å². The number of carbonyl (C=O) groups is 1. The third-order valence-electron chi connectivity index (χ3n) is 3.86. The Labute approximate surface area is 94.4 Å². The van der Waals surface area contributed by atoms with Crippen molar-refractivity contribution >= 4 is 5.97 Å². The Balaban J connectivity index is 2.26. The van der Waals surface area contributed by atoms with Crippen molar-refractivity contribution in [1.82, 2.24) is 0 Å². The number of hydrogen-bond donors (Lipinski definition) is 2. The van der Waals surface area contributed by atoms with Gasteiger partial charge in [-0.25, -0.2) is 0 Å². The SMILES string of the molecule is O=C(O)C1(C2(O)CCCOCC2)CCOC1. The van der Waals surface area contributed by atoms with E-state index in [9.17, 15) is 15.0 Å².